The summed E-state index contributed by atoms with van der Waals surface area (Å²) in [5.74, 6) is 0.985. The van der Waals surface area contributed by atoms with Gasteiger partial charge in [0.15, 0.2) is 6.29 Å². The SMILES string of the molecule is CC(CO)CC(C)CC(C)OC1CCCCO1. The van der Waals surface area contributed by atoms with E-state index in [0.717, 1.165) is 25.9 Å². The highest BCUT2D eigenvalue weighted by Crippen LogP contribution is 2.21. The standard InChI is InChI=1S/C14H28O3/c1-11(8-12(2)10-15)9-13(3)17-14-6-4-5-7-16-14/h11-15H,4-10H2,1-3H3. The first-order valence-electron chi connectivity index (χ1n) is 6.99. The Morgan fingerprint density at radius 3 is 2.53 bits per heavy atom. The summed E-state index contributed by atoms with van der Waals surface area (Å²) in [6.07, 6.45) is 5.79. The van der Waals surface area contributed by atoms with E-state index in [4.69, 9.17) is 14.6 Å². The summed E-state index contributed by atoms with van der Waals surface area (Å²) in [6, 6.07) is 0. The van der Waals surface area contributed by atoms with E-state index in [9.17, 15) is 0 Å². The zero-order valence-corrected chi connectivity index (χ0v) is 11.5. The average molecular weight is 244 g/mol. The van der Waals surface area contributed by atoms with Crippen molar-refractivity contribution in [3.05, 3.63) is 0 Å². The van der Waals surface area contributed by atoms with Crippen molar-refractivity contribution in [1.29, 1.82) is 0 Å². The molecule has 0 amide bonds. The quantitative estimate of drug-likeness (QED) is 0.748. The number of hydrogen-bond acceptors (Lipinski definition) is 3. The Bertz CT molecular complexity index is 190. The minimum atomic E-state index is 0.0150. The molecule has 1 fully saturated rings. The van der Waals surface area contributed by atoms with Crippen molar-refractivity contribution in [3.8, 4) is 0 Å². The normalized spacial score (nSPS) is 26.5. The number of rotatable bonds is 7. The van der Waals surface area contributed by atoms with Gasteiger partial charge in [-0.3, -0.25) is 0 Å². The minimum Gasteiger partial charge on any atom is -0.396 e. The van der Waals surface area contributed by atoms with Gasteiger partial charge in [0.25, 0.3) is 0 Å². The van der Waals surface area contributed by atoms with Crippen LogP contribution in [0.15, 0.2) is 0 Å². The molecule has 1 aliphatic rings. The Kier molecular flexibility index (Phi) is 7.09. The fraction of sp³-hybridized carbons (Fsp3) is 1.00. The molecule has 1 rings (SSSR count). The van der Waals surface area contributed by atoms with Crippen LogP contribution >= 0.6 is 0 Å². The van der Waals surface area contributed by atoms with Gasteiger partial charge in [0.05, 0.1) is 6.10 Å². The maximum absolute atomic E-state index is 9.03. The van der Waals surface area contributed by atoms with E-state index in [1.807, 2.05) is 0 Å². The summed E-state index contributed by atoms with van der Waals surface area (Å²) in [7, 11) is 0. The monoisotopic (exact) mass is 244 g/mol. The molecule has 0 aromatic rings. The van der Waals surface area contributed by atoms with Crippen molar-refractivity contribution in [2.75, 3.05) is 13.2 Å². The van der Waals surface area contributed by atoms with Crippen molar-refractivity contribution in [2.24, 2.45) is 11.8 Å². The molecule has 17 heavy (non-hydrogen) atoms. The summed E-state index contributed by atoms with van der Waals surface area (Å²) in [6.45, 7) is 7.57. The molecule has 3 heteroatoms. The van der Waals surface area contributed by atoms with Crippen LogP contribution in [0.1, 0.15) is 52.9 Å². The topological polar surface area (TPSA) is 38.7 Å². The molecule has 1 N–H and O–H groups in total. The van der Waals surface area contributed by atoms with Gasteiger partial charge in [-0.05, 0) is 50.9 Å². The Hall–Kier alpha value is -0.120. The molecule has 102 valence electrons. The van der Waals surface area contributed by atoms with Crippen molar-refractivity contribution < 1.29 is 14.6 Å². The summed E-state index contributed by atoms with van der Waals surface area (Å²) < 4.78 is 11.5. The van der Waals surface area contributed by atoms with Gasteiger partial charge in [0, 0.05) is 13.2 Å². The van der Waals surface area contributed by atoms with Crippen LogP contribution in [0.5, 0.6) is 0 Å². The zero-order chi connectivity index (χ0) is 12.7. The van der Waals surface area contributed by atoms with Gasteiger partial charge < -0.3 is 14.6 Å². The number of aliphatic hydroxyl groups is 1. The second-order valence-electron chi connectivity index (χ2n) is 5.61. The fourth-order valence-electron chi connectivity index (χ4n) is 2.56. The van der Waals surface area contributed by atoms with Gasteiger partial charge in [-0.2, -0.15) is 0 Å². The van der Waals surface area contributed by atoms with Crippen LogP contribution in [-0.4, -0.2) is 30.7 Å². The molecule has 1 saturated heterocycles. The fourth-order valence-corrected chi connectivity index (χ4v) is 2.56. The van der Waals surface area contributed by atoms with E-state index in [1.165, 1.54) is 12.8 Å². The second-order valence-corrected chi connectivity index (χ2v) is 5.61. The third-order valence-corrected chi connectivity index (χ3v) is 3.37. The maximum Gasteiger partial charge on any atom is 0.157 e. The highest BCUT2D eigenvalue weighted by atomic mass is 16.7. The third kappa shape index (κ3) is 6.39. The zero-order valence-electron chi connectivity index (χ0n) is 11.5. The van der Waals surface area contributed by atoms with Crippen LogP contribution in [0.3, 0.4) is 0 Å². The molecule has 0 saturated carbocycles. The van der Waals surface area contributed by atoms with E-state index in [-0.39, 0.29) is 19.0 Å². The molecular formula is C14H28O3. The van der Waals surface area contributed by atoms with Gasteiger partial charge in [-0.1, -0.05) is 13.8 Å². The number of hydrogen-bond donors (Lipinski definition) is 1. The van der Waals surface area contributed by atoms with Crippen molar-refractivity contribution in [1.82, 2.24) is 0 Å². The van der Waals surface area contributed by atoms with Crippen LogP contribution in [0.25, 0.3) is 0 Å². The number of ether oxygens (including phenoxy) is 2. The summed E-state index contributed by atoms with van der Waals surface area (Å²) in [4.78, 5) is 0. The molecule has 4 unspecified atom stereocenters. The predicted molar refractivity (Wildman–Crippen MR) is 68.8 cm³/mol. The smallest absolute Gasteiger partial charge is 0.157 e. The van der Waals surface area contributed by atoms with Crippen LogP contribution in [0.2, 0.25) is 0 Å². The molecule has 0 radical (unpaired) electrons. The number of aliphatic hydroxyl groups excluding tert-OH is 1. The molecular weight excluding hydrogens is 216 g/mol. The van der Waals surface area contributed by atoms with Crippen molar-refractivity contribution in [3.63, 3.8) is 0 Å². The largest absolute Gasteiger partial charge is 0.396 e. The highest BCUT2D eigenvalue weighted by Gasteiger charge is 2.19. The molecule has 4 atom stereocenters. The Labute approximate surface area is 105 Å². The first kappa shape index (κ1) is 14.9. The lowest BCUT2D eigenvalue weighted by Gasteiger charge is -2.27. The highest BCUT2D eigenvalue weighted by molar-refractivity contribution is 4.64. The lowest BCUT2D eigenvalue weighted by atomic mass is 9.93. The molecule has 1 heterocycles. The molecule has 0 aliphatic carbocycles. The van der Waals surface area contributed by atoms with Gasteiger partial charge in [-0.15, -0.1) is 0 Å². The van der Waals surface area contributed by atoms with E-state index >= 15 is 0 Å². The minimum absolute atomic E-state index is 0.0150. The van der Waals surface area contributed by atoms with E-state index in [2.05, 4.69) is 20.8 Å². The molecule has 0 spiro atoms. The molecule has 0 bridgehead atoms. The van der Waals surface area contributed by atoms with E-state index in [1.54, 1.807) is 0 Å². The van der Waals surface area contributed by atoms with Crippen molar-refractivity contribution in [2.45, 2.75) is 65.3 Å². The Balaban J connectivity index is 2.16. The molecule has 1 aliphatic heterocycles. The van der Waals surface area contributed by atoms with Gasteiger partial charge >= 0.3 is 0 Å². The average Bonchev–Trinajstić information content (AvgIpc) is 2.29. The lowest BCUT2D eigenvalue weighted by Crippen LogP contribution is -2.27. The first-order chi connectivity index (χ1) is 8.11. The molecule has 0 aromatic heterocycles. The Morgan fingerprint density at radius 1 is 1.18 bits per heavy atom. The summed E-state index contributed by atoms with van der Waals surface area (Å²) >= 11 is 0. The van der Waals surface area contributed by atoms with E-state index in [0.29, 0.717) is 11.8 Å². The molecule has 0 aromatic carbocycles. The van der Waals surface area contributed by atoms with Crippen LogP contribution in [-0.2, 0) is 9.47 Å². The maximum atomic E-state index is 9.03. The lowest BCUT2D eigenvalue weighted by molar-refractivity contribution is -0.187. The van der Waals surface area contributed by atoms with Gasteiger partial charge in [0.1, 0.15) is 0 Å². The van der Waals surface area contributed by atoms with Gasteiger partial charge in [0.2, 0.25) is 0 Å². The van der Waals surface area contributed by atoms with E-state index < -0.39 is 0 Å². The van der Waals surface area contributed by atoms with Crippen LogP contribution in [0.4, 0.5) is 0 Å². The predicted octanol–water partition coefficient (Wildman–Crippen LogP) is 2.96. The van der Waals surface area contributed by atoms with Crippen LogP contribution < -0.4 is 0 Å². The van der Waals surface area contributed by atoms with Crippen molar-refractivity contribution >= 4 is 0 Å². The van der Waals surface area contributed by atoms with Crippen LogP contribution in [0, 0.1) is 11.8 Å². The third-order valence-electron chi connectivity index (χ3n) is 3.37. The Morgan fingerprint density at radius 2 is 1.94 bits per heavy atom. The summed E-state index contributed by atoms with van der Waals surface area (Å²) in [5.41, 5.74) is 0. The summed E-state index contributed by atoms with van der Waals surface area (Å²) in [5, 5.41) is 9.03. The first-order valence-corrected chi connectivity index (χ1v) is 6.99. The molecule has 3 nitrogen and oxygen atoms in total. The second kappa shape index (κ2) is 8.06. The van der Waals surface area contributed by atoms with Gasteiger partial charge in [-0.25, -0.2) is 0 Å².